The summed E-state index contributed by atoms with van der Waals surface area (Å²) < 4.78 is 5.13. The van der Waals surface area contributed by atoms with Gasteiger partial charge in [-0.05, 0) is 42.0 Å². The normalized spacial score (nSPS) is 10.3. The van der Waals surface area contributed by atoms with Crippen molar-refractivity contribution in [2.45, 2.75) is 6.54 Å². The van der Waals surface area contributed by atoms with E-state index in [4.69, 9.17) is 4.74 Å². The second-order valence-corrected chi connectivity index (χ2v) is 4.92. The minimum atomic E-state index is -0.206. The van der Waals surface area contributed by atoms with Crippen molar-refractivity contribution >= 4 is 5.95 Å². The first-order chi connectivity index (χ1) is 11.2. The zero-order valence-corrected chi connectivity index (χ0v) is 12.6. The molecule has 0 fully saturated rings. The molecule has 3 aromatic rings. The molecule has 0 aliphatic carbocycles. The van der Waals surface area contributed by atoms with Gasteiger partial charge in [-0.3, -0.25) is 14.8 Å². The van der Waals surface area contributed by atoms with Crippen LogP contribution in [-0.4, -0.2) is 22.1 Å². The van der Waals surface area contributed by atoms with Gasteiger partial charge >= 0.3 is 0 Å². The van der Waals surface area contributed by atoms with E-state index in [1.807, 2.05) is 36.4 Å². The summed E-state index contributed by atoms with van der Waals surface area (Å²) in [6.07, 6.45) is 3.45. The van der Waals surface area contributed by atoms with Crippen molar-refractivity contribution in [3.05, 3.63) is 70.8 Å². The zero-order chi connectivity index (χ0) is 16.1. The number of methoxy groups -OCH3 is 1. The van der Waals surface area contributed by atoms with Crippen LogP contribution in [0.4, 0.5) is 5.95 Å². The monoisotopic (exact) mass is 308 g/mol. The van der Waals surface area contributed by atoms with Crippen molar-refractivity contribution in [1.82, 2.24) is 15.0 Å². The topological polar surface area (TPSA) is 79.9 Å². The largest absolute Gasteiger partial charge is 0.497 e. The van der Waals surface area contributed by atoms with Gasteiger partial charge in [0.25, 0.3) is 5.56 Å². The SMILES string of the molecule is COc1ccc(-c2cc(=O)[nH]c(NCc3ccncc3)n2)cc1. The third-order valence-corrected chi connectivity index (χ3v) is 3.34. The van der Waals surface area contributed by atoms with Gasteiger partial charge in [-0.25, -0.2) is 4.98 Å². The van der Waals surface area contributed by atoms with Crippen LogP contribution < -0.4 is 15.6 Å². The molecule has 23 heavy (non-hydrogen) atoms. The molecule has 0 amide bonds. The summed E-state index contributed by atoms with van der Waals surface area (Å²) in [5.41, 5.74) is 2.30. The average Bonchev–Trinajstić information content (AvgIpc) is 2.60. The van der Waals surface area contributed by atoms with Crippen molar-refractivity contribution in [1.29, 1.82) is 0 Å². The molecule has 0 aliphatic rings. The molecule has 6 nitrogen and oxygen atoms in total. The van der Waals surface area contributed by atoms with Gasteiger partial charge in [0.15, 0.2) is 0 Å². The van der Waals surface area contributed by atoms with E-state index in [1.165, 1.54) is 6.07 Å². The summed E-state index contributed by atoms with van der Waals surface area (Å²) in [5.74, 6) is 1.19. The quantitative estimate of drug-likeness (QED) is 0.757. The fourth-order valence-corrected chi connectivity index (χ4v) is 2.14. The van der Waals surface area contributed by atoms with Crippen LogP contribution in [0.25, 0.3) is 11.3 Å². The minimum Gasteiger partial charge on any atom is -0.497 e. The number of rotatable bonds is 5. The highest BCUT2D eigenvalue weighted by Crippen LogP contribution is 2.20. The van der Waals surface area contributed by atoms with E-state index in [0.29, 0.717) is 18.2 Å². The van der Waals surface area contributed by atoms with Crippen LogP contribution in [-0.2, 0) is 6.54 Å². The number of H-pyrrole nitrogens is 1. The lowest BCUT2D eigenvalue weighted by Crippen LogP contribution is -2.12. The summed E-state index contributed by atoms with van der Waals surface area (Å²) in [4.78, 5) is 23.0. The maximum atomic E-state index is 11.8. The van der Waals surface area contributed by atoms with Crippen molar-refractivity contribution in [3.63, 3.8) is 0 Å². The van der Waals surface area contributed by atoms with Gasteiger partial charge in [0, 0.05) is 30.6 Å². The molecule has 2 heterocycles. The average molecular weight is 308 g/mol. The lowest BCUT2D eigenvalue weighted by molar-refractivity contribution is 0.415. The maximum Gasteiger partial charge on any atom is 0.252 e. The molecule has 0 aliphatic heterocycles. The summed E-state index contributed by atoms with van der Waals surface area (Å²) >= 11 is 0. The molecule has 6 heteroatoms. The third kappa shape index (κ3) is 3.74. The fourth-order valence-electron chi connectivity index (χ4n) is 2.14. The van der Waals surface area contributed by atoms with Crippen LogP contribution in [0.2, 0.25) is 0 Å². The summed E-state index contributed by atoms with van der Waals surface area (Å²) in [5, 5.41) is 3.12. The molecule has 0 unspecified atom stereocenters. The molecule has 1 aromatic carbocycles. The Bertz CT molecular complexity index is 829. The molecular weight excluding hydrogens is 292 g/mol. The van der Waals surface area contributed by atoms with Crippen molar-refractivity contribution in [3.8, 4) is 17.0 Å². The lowest BCUT2D eigenvalue weighted by atomic mass is 10.1. The van der Waals surface area contributed by atoms with E-state index in [-0.39, 0.29) is 5.56 Å². The van der Waals surface area contributed by atoms with E-state index in [0.717, 1.165) is 16.9 Å². The van der Waals surface area contributed by atoms with Gasteiger partial charge in [0.1, 0.15) is 5.75 Å². The number of aromatic amines is 1. The van der Waals surface area contributed by atoms with Gasteiger partial charge in [-0.15, -0.1) is 0 Å². The van der Waals surface area contributed by atoms with Gasteiger partial charge < -0.3 is 10.1 Å². The predicted molar refractivity (Wildman–Crippen MR) is 88.4 cm³/mol. The number of hydrogen-bond acceptors (Lipinski definition) is 5. The first kappa shape index (κ1) is 14.8. The highest BCUT2D eigenvalue weighted by Gasteiger charge is 2.04. The first-order valence-corrected chi connectivity index (χ1v) is 7.13. The van der Waals surface area contributed by atoms with Crippen LogP contribution in [0.5, 0.6) is 5.75 Å². The van der Waals surface area contributed by atoms with Crippen molar-refractivity contribution < 1.29 is 4.74 Å². The van der Waals surface area contributed by atoms with Crippen LogP contribution in [0.3, 0.4) is 0 Å². The Labute approximate surface area is 133 Å². The predicted octanol–water partition coefficient (Wildman–Crippen LogP) is 2.45. The standard InChI is InChI=1S/C17H16N4O2/c1-23-14-4-2-13(3-5-14)15-10-16(22)21-17(20-15)19-11-12-6-8-18-9-7-12/h2-10H,11H2,1H3,(H2,19,20,21,22). The number of aromatic nitrogens is 3. The Kier molecular flexibility index (Phi) is 4.33. The molecule has 3 rings (SSSR count). The maximum absolute atomic E-state index is 11.8. The molecule has 0 bridgehead atoms. The van der Waals surface area contributed by atoms with E-state index >= 15 is 0 Å². The Morgan fingerprint density at radius 2 is 1.87 bits per heavy atom. The number of benzene rings is 1. The zero-order valence-electron chi connectivity index (χ0n) is 12.6. The summed E-state index contributed by atoms with van der Waals surface area (Å²) in [7, 11) is 1.61. The number of pyridine rings is 1. The number of hydrogen-bond donors (Lipinski definition) is 2. The molecule has 0 saturated heterocycles. The van der Waals surface area contributed by atoms with Crippen molar-refractivity contribution in [2.75, 3.05) is 12.4 Å². The highest BCUT2D eigenvalue weighted by molar-refractivity contribution is 5.60. The Morgan fingerprint density at radius 1 is 1.13 bits per heavy atom. The van der Waals surface area contributed by atoms with Gasteiger partial charge in [-0.1, -0.05) is 0 Å². The molecular formula is C17H16N4O2. The first-order valence-electron chi connectivity index (χ1n) is 7.13. The van der Waals surface area contributed by atoms with E-state index in [1.54, 1.807) is 19.5 Å². The number of anilines is 1. The minimum absolute atomic E-state index is 0.206. The summed E-state index contributed by atoms with van der Waals surface area (Å²) in [6, 6.07) is 12.7. The van der Waals surface area contributed by atoms with Crippen LogP contribution in [0, 0.1) is 0 Å². The van der Waals surface area contributed by atoms with Crippen molar-refractivity contribution in [2.24, 2.45) is 0 Å². The van der Waals surface area contributed by atoms with Gasteiger partial charge in [0.05, 0.1) is 12.8 Å². The Hall–Kier alpha value is -3.15. The van der Waals surface area contributed by atoms with E-state index in [9.17, 15) is 4.79 Å². The second kappa shape index (κ2) is 6.74. The van der Waals surface area contributed by atoms with E-state index in [2.05, 4.69) is 20.3 Å². The number of ether oxygens (including phenoxy) is 1. The molecule has 2 N–H and O–H groups in total. The van der Waals surface area contributed by atoms with Crippen LogP contribution >= 0.6 is 0 Å². The summed E-state index contributed by atoms with van der Waals surface area (Å²) in [6.45, 7) is 0.553. The van der Waals surface area contributed by atoms with Gasteiger partial charge in [-0.2, -0.15) is 0 Å². The lowest BCUT2D eigenvalue weighted by Gasteiger charge is -2.08. The number of nitrogens with one attached hydrogen (secondary N) is 2. The highest BCUT2D eigenvalue weighted by atomic mass is 16.5. The molecule has 0 saturated carbocycles. The van der Waals surface area contributed by atoms with Gasteiger partial charge in [0.2, 0.25) is 5.95 Å². The molecule has 0 radical (unpaired) electrons. The molecule has 0 spiro atoms. The van der Waals surface area contributed by atoms with E-state index < -0.39 is 0 Å². The number of nitrogens with zero attached hydrogens (tertiary/aromatic N) is 2. The smallest absolute Gasteiger partial charge is 0.252 e. The molecule has 2 aromatic heterocycles. The fraction of sp³-hybridized carbons (Fsp3) is 0.118. The Balaban J connectivity index is 1.82. The Morgan fingerprint density at radius 3 is 2.57 bits per heavy atom. The third-order valence-electron chi connectivity index (χ3n) is 3.34. The van der Waals surface area contributed by atoms with Crippen LogP contribution in [0.1, 0.15) is 5.56 Å². The second-order valence-electron chi connectivity index (χ2n) is 4.92. The molecule has 116 valence electrons. The van der Waals surface area contributed by atoms with Crippen LogP contribution in [0.15, 0.2) is 59.7 Å². The molecule has 0 atom stereocenters.